The molecule has 0 aliphatic rings. The van der Waals surface area contributed by atoms with E-state index >= 15 is 0 Å². The summed E-state index contributed by atoms with van der Waals surface area (Å²) < 4.78 is 28.7. The molecule has 9 heteroatoms. The molecule has 0 spiro atoms. The number of hydrogen-bond acceptors (Lipinski definition) is 5. The average Bonchev–Trinajstić information content (AvgIpc) is 2.43. The van der Waals surface area contributed by atoms with E-state index in [0.29, 0.717) is 5.69 Å². The summed E-state index contributed by atoms with van der Waals surface area (Å²) >= 11 is 5.37. The molecule has 1 heterocycles. The fraction of sp³-hybridized carbons (Fsp3) is 0. The minimum atomic E-state index is -3.70. The quantitative estimate of drug-likeness (QED) is 0.364. The van der Waals surface area contributed by atoms with E-state index < -0.39 is 10.0 Å². The Kier molecular flexibility index (Phi) is 4.83. The van der Waals surface area contributed by atoms with Crippen LogP contribution in [0.3, 0.4) is 0 Å². The molecule has 1 aromatic carbocycles. The van der Waals surface area contributed by atoms with Gasteiger partial charge in [0.15, 0.2) is 0 Å². The molecule has 2 rings (SSSR count). The van der Waals surface area contributed by atoms with Crippen molar-refractivity contribution in [1.82, 2.24) is 4.98 Å². The molecule has 0 unspecified atom stereocenters. The molecule has 0 aliphatic heterocycles. The van der Waals surface area contributed by atoms with Crippen LogP contribution < -0.4 is 16.0 Å². The van der Waals surface area contributed by atoms with Gasteiger partial charge in [-0.15, -0.1) is 0 Å². The second-order valence-electron chi connectivity index (χ2n) is 3.75. The maximum Gasteiger partial charge on any atom is 0.262 e. The molecule has 20 heavy (non-hydrogen) atoms. The van der Waals surface area contributed by atoms with E-state index in [-0.39, 0.29) is 10.7 Å². The topological polar surface area (TPSA) is 97.1 Å². The van der Waals surface area contributed by atoms with Gasteiger partial charge in [0, 0.05) is 20.3 Å². The number of sulfonamides is 1. The highest BCUT2D eigenvalue weighted by molar-refractivity contribution is 14.1. The first kappa shape index (κ1) is 15.5. The summed E-state index contributed by atoms with van der Waals surface area (Å²) in [6.07, 6.45) is 1.37. The highest BCUT2D eigenvalue weighted by Gasteiger charge is 2.16. The standard InChI is InChI=1S/C11H10BrIN4O2S/c12-7-1-2-9(13)10(5-7)17-20(18,19)8-3-4-15-11(6-8)16-14/h1-6,17H,14H2,(H,15,16). The number of hydrogen-bond donors (Lipinski definition) is 3. The number of hydrazine groups is 1. The van der Waals surface area contributed by atoms with Gasteiger partial charge in [-0.05, 0) is 46.9 Å². The van der Waals surface area contributed by atoms with Gasteiger partial charge in [0.25, 0.3) is 10.0 Å². The molecule has 0 fully saturated rings. The molecule has 0 aliphatic carbocycles. The Morgan fingerprint density at radius 1 is 1.25 bits per heavy atom. The highest BCUT2D eigenvalue weighted by atomic mass is 127. The average molecular weight is 469 g/mol. The van der Waals surface area contributed by atoms with Gasteiger partial charge in [-0.2, -0.15) is 0 Å². The zero-order chi connectivity index (χ0) is 14.8. The van der Waals surface area contributed by atoms with Gasteiger partial charge in [-0.3, -0.25) is 4.72 Å². The van der Waals surface area contributed by atoms with Crippen LogP contribution in [0.25, 0.3) is 0 Å². The van der Waals surface area contributed by atoms with Crippen LogP contribution in [-0.4, -0.2) is 13.4 Å². The molecule has 1 aromatic heterocycles. The molecule has 6 nitrogen and oxygen atoms in total. The predicted molar refractivity (Wildman–Crippen MR) is 89.7 cm³/mol. The van der Waals surface area contributed by atoms with E-state index in [9.17, 15) is 8.42 Å². The van der Waals surface area contributed by atoms with Crippen molar-refractivity contribution < 1.29 is 8.42 Å². The van der Waals surface area contributed by atoms with E-state index in [1.807, 2.05) is 12.1 Å². The normalized spacial score (nSPS) is 11.2. The summed E-state index contributed by atoms with van der Waals surface area (Å²) in [6, 6.07) is 8.09. The number of pyridine rings is 1. The van der Waals surface area contributed by atoms with Crippen LogP contribution in [0.5, 0.6) is 0 Å². The van der Waals surface area contributed by atoms with E-state index in [1.165, 1.54) is 18.3 Å². The molecule has 0 saturated heterocycles. The van der Waals surface area contributed by atoms with Crippen LogP contribution in [0.4, 0.5) is 11.5 Å². The van der Waals surface area contributed by atoms with Crippen molar-refractivity contribution in [2.45, 2.75) is 4.90 Å². The largest absolute Gasteiger partial charge is 0.308 e. The number of anilines is 2. The SMILES string of the molecule is NNc1cc(S(=O)(=O)Nc2cc(Br)ccc2I)ccn1. The summed E-state index contributed by atoms with van der Waals surface area (Å²) in [7, 11) is -3.70. The molecule has 2 aromatic rings. The number of nitrogens with one attached hydrogen (secondary N) is 2. The smallest absolute Gasteiger partial charge is 0.262 e. The molecular formula is C11H10BrIN4O2S. The third kappa shape index (κ3) is 3.59. The third-order valence-electron chi connectivity index (χ3n) is 2.36. The summed E-state index contributed by atoms with van der Waals surface area (Å²) in [5, 5.41) is 0. The molecule has 106 valence electrons. The Hall–Kier alpha value is -0.910. The van der Waals surface area contributed by atoms with Crippen molar-refractivity contribution in [3.05, 3.63) is 44.6 Å². The number of rotatable bonds is 4. The van der Waals surface area contributed by atoms with Crippen molar-refractivity contribution in [3.8, 4) is 0 Å². The molecule has 0 bridgehead atoms. The monoisotopic (exact) mass is 468 g/mol. The van der Waals surface area contributed by atoms with Crippen molar-refractivity contribution in [1.29, 1.82) is 0 Å². The Bertz CT molecular complexity index is 739. The van der Waals surface area contributed by atoms with Gasteiger partial charge < -0.3 is 5.43 Å². The van der Waals surface area contributed by atoms with Crippen LogP contribution >= 0.6 is 38.5 Å². The lowest BCUT2D eigenvalue weighted by molar-refractivity contribution is 0.601. The van der Waals surface area contributed by atoms with Gasteiger partial charge in [0.2, 0.25) is 0 Å². The van der Waals surface area contributed by atoms with E-state index in [2.05, 4.69) is 53.7 Å². The van der Waals surface area contributed by atoms with E-state index in [1.54, 1.807) is 6.07 Å². The maximum atomic E-state index is 12.3. The van der Waals surface area contributed by atoms with Crippen molar-refractivity contribution in [2.24, 2.45) is 5.84 Å². The molecule has 4 N–H and O–H groups in total. The first-order valence-corrected chi connectivity index (χ1v) is 8.68. The van der Waals surface area contributed by atoms with E-state index in [0.717, 1.165) is 8.04 Å². The van der Waals surface area contributed by atoms with Crippen LogP contribution in [-0.2, 0) is 10.0 Å². The summed E-state index contributed by atoms with van der Waals surface area (Å²) in [4.78, 5) is 3.95. The summed E-state index contributed by atoms with van der Waals surface area (Å²) in [6.45, 7) is 0. The van der Waals surface area contributed by atoms with Crippen LogP contribution in [0.15, 0.2) is 45.9 Å². The van der Waals surface area contributed by atoms with Gasteiger partial charge >= 0.3 is 0 Å². The van der Waals surface area contributed by atoms with Gasteiger partial charge in [0.05, 0.1) is 10.6 Å². The zero-order valence-corrected chi connectivity index (χ0v) is 14.5. The number of nitrogen functional groups attached to an aromatic ring is 1. The third-order valence-corrected chi connectivity index (χ3v) is 5.16. The lowest BCUT2D eigenvalue weighted by atomic mass is 10.3. The number of benzene rings is 1. The number of halogens is 2. The Morgan fingerprint density at radius 2 is 2.00 bits per heavy atom. The minimum absolute atomic E-state index is 0.0798. The summed E-state index contributed by atoms with van der Waals surface area (Å²) in [5.41, 5.74) is 2.81. The molecule has 0 amide bonds. The maximum absolute atomic E-state index is 12.3. The van der Waals surface area contributed by atoms with Crippen LogP contribution in [0.1, 0.15) is 0 Å². The summed E-state index contributed by atoms with van der Waals surface area (Å²) in [5.74, 6) is 5.50. The number of nitrogens with two attached hydrogens (primary N) is 1. The van der Waals surface area contributed by atoms with Gasteiger partial charge in [-0.1, -0.05) is 15.9 Å². The van der Waals surface area contributed by atoms with Crippen LogP contribution in [0.2, 0.25) is 0 Å². The van der Waals surface area contributed by atoms with Crippen LogP contribution in [0, 0.1) is 3.57 Å². The minimum Gasteiger partial charge on any atom is -0.308 e. The zero-order valence-electron chi connectivity index (χ0n) is 9.97. The molecule has 0 atom stereocenters. The molecule has 0 saturated carbocycles. The Labute approximate surface area is 138 Å². The number of aromatic nitrogens is 1. The highest BCUT2D eigenvalue weighted by Crippen LogP contribution is 2.25. The Balaban J connectivity index is 2.38. The van der Waals surface area contributed by atoms with Crippen molar-refractivity contribution in [3.63, 3.8) is 0 Å². The molecule has 0 radical (unpaired) electrons. The van der Waals surface area contributed by atoms with Crippen molar-refractivity contribution in [2.75, 3.05) is 10.1 Å². The second-order valence-corrected chi connectivity index (χ2v) is 7.51. The lowest BCUT2D eigenvalue weighted by Gasteiger charge is -2.10. The number of nitrogens with zero attached hydrogens (tertiary/aromatic N) is 1. The second kappa shape index (κ2) is 6.24. The van der Waals surface area contributed by atoms with Gasteiger partial charge in [0.1, 0.15) is 5.82 Å². The van der Waals surface area contributed by atoms with Crippen molar-refractivity contribution >= 4 is 60.0 Å². The lowest BCUT2D eigenvalue weighted by Crippen LogP contribution is -2.15. The molecular weight excluding hydrogens is 459 g/mol. The van der Waals surface area contributed by atoms with Gasteiger partial charge in [-0.25, -0.2) is 19.2 Å². The predicted octanol–water partition coefficient (Wildman–Crippen LogP) is 2.54. The van der Waals surface area contributed by atoms with E-state index in [4.69, 9.17) is 5.84 Å². The fourth-order valence-electron chi connectivity index (χ4n) is 1.44. The Morgan fingerprint density at radius 3 is 2.70 bits per heavy atom. The first-order valence-electron chi connectivity index (χ1n) is 5.33. The fourth-order valence-corrected chi connectivity index (χ4v) is 3.53. The first-order chi connectivity index (χ1) is 9.42.